The van der Waals surface area contributed by atoms with Crippen molar-refractivity contribution in [2.45, 2.75) is 6.54 Å². The van der Waals surface area contributed by atoms with E-state index in [1.165, 1.54) is 18.3 Å². The zero-order valence-corrected chi connectivity index (χ0v) is 12.1. The second-order valence-corrected chi connectivity index (χ2v) is 4.90. The van der Waals surface area contributed by atoms with Gasteiger partial charge in [-0.2, -0.15) is 5.26 Å². The second kappa shape index (κ2) is 6.28. The minimum atomic E-state index is -0.574. The number of aromatic nitrogens is 1. The van der Waals surface area contributed by atoms with E-state index in [1.54, 1.807) is 0 Å². The number of pyridine rings is 1. The molecule has 1 N–H and O–H groups in total. The summed E-state index contributed by atoms with van der Waals surface area (Å²) in [6, 6.07) is 5.90. The summed E-state index contributed by atoms with van der Waals surface area (Å²) in [6.07, 6.45) is 2.52. The van der Waals surface area contributed by atoms with Gasteiger partial charge in [-0.05, 0) is 28.1 Å². The first kappa shape index (κ1) is 14.9. The van der Waals surface area contributed by atoms with Crippen molar-refractivity contribution in [2.75, 3.05) is 5.32 Å². The first-order valence-corrected chi connectivity index (χ1v) is 6.52. The number of rotatable bonds is 4. The van der Waals surface area contributed by atoms with Gasteiger partial charge < -0.3 is 5.32 Å². The Balaban J connectivity index is 2.25. The molecular formula is C13H8BrFN4O2. The maximum atomic E-state index is 13.8. The van der Waals surface area contributed by atoms with E-state index >= 15 is 0 Å². The van der Waals surface area contributed by atoms with E-state index < -0.39 is 10.7 Å². The van der Waals surface area contributed by atoms with Gasteiger partial charge in [0.2, 0.25) is 0 Å². The molecule has 0 spiro atoms. The number of nitrogens with one attached hydrogen (secondary N) is 1. The summed E-state index contributed by atoms with van der Waals surface area (Å²) in [4.78, 5) is 14.1. The van der Waals surface area contributed by atoms with Crippen molar-refractivity contribution in [2.24, 2.45) is 0 Å². The van der Waals surface area contributed by atoms with Gasteiger partial charge in [0, 0.05) is 18.3 Å². The van der Waals surface area contributed by atoms with E-state index in [1.807, 2.05) is 6.07 Å². The molecule has 21 heavy (non-hydrogen) atoms. The molecule has 0 unspecified atom stereocenters. The molecule has 0 aliphatic rings. The molecule has 2 rings (SSSR count). The first-order chi connectivity index (χ1) is 10.0. The van der Waals surface area contributed by atoms with Crippen LogP contribution in [0, 0.1) is 27.3 Å². The van der Waals surface area contributed by atoms with Crippen molar-refractivity contribution >= 4 is 27.3 Å². The largest absolute Gasteiger partial charge is 0.374 e. The predicted octanol–water partition coefficient (Wildman–Crippen LogP) is 3.38. The lowest BCUT2D eigenvalue weighted by molar-refractivity contribution is -0.384. The average molecular weight is 351 g/mol. The lowest BCUT2D eigenvalue weighted by Gasteiger charge is -2.09. The molecule has 8 heteroatoms. The normalized spacial score (nSPS) is 9.95. The van der Waals surface area contributed by atoms with E-state index in [4.69, 9.17) is 5.26 Å². The molecule has 0 amide bonds. The van der Waals surface area contributed by atoms with Gasteiger partial charge in [-0.15, -0.1) is 0 Å². The van der Waals surface area contributed by atoms with Crippen LogP contribution in [0.5, 0.6) is 0 Å². The van der Waals surface area contributed by atoms with Crippen LogP contribution in [0.15, 0.2) is 35.1 Å². The third-order valence-corrected chi connectivity index (χ3v) is 3.32. The number of halogens is 2. The van der Waals surface area contributed by atoms with E-state index in [9.17, 15) is 14.5 Å². The Morgan fingerprint density at radius 2 is 2.24 bits per heavy atom. The highest BCUT2D eigenvalue weighted by Gasteiger charge is 2.17. The molecule has 0 aliphatic carbocycles. The molecule has 2 aromatic rings. The van der Waals surface area contributed by atoms with Crippen molar-refractivity contribution in [1.82, 2.24) is 4.98 Å². The number of anilines is 1. The SMILES string of the molecule is N#Cc1ccc(CNc2c(Br)cncc2[N+](=O)[O-])c(F)c1. The highest BCUT2D eigenvalue weighted by Crippen LogP contribution is 2.31. The molecule has 6 nitrogen and oxygen atoms in total. The van der Waals surface area contributed by atoms with Crippen LogP contribution < -0.4 is 5.32 Å². The Bertz CT molecular complexity index is 745. The van der Waals surface area contributed by atoms with Crippen LogP contribution in [0.3, 0.4) is 0 Å². The Morgan fingerprint density at radius 3 is 2.86 bits per heavy atom. The maximum absolute atomic E-state index is 13.8. The van der Waals surface area contributed by atoms with Crippen molar-refractivity contribution < 1.29 is 9.31 Å². The van der Waals surface area contributed by atoms with Crippen molar-refractivity contribution in [3.05, 3.63) is 62.1 Å². The van der Waals surface area contributed by atoms with E-state index in [-0.39, 0.29) is 23.5 Å². The van der Waals surface area contributed by atoms with Gasteiger partial charge in [0.25, 0.3) is 0 Å². The van der Waals surface area contributed by atoms with Crippen molar-refractivity contribution in [3.8, 4) is 6.07 Å². The Morgan fingerprint density at radius 1 is 1.48 bits per heavy atom. The fourth-order valence-electron chi connectivity index (χ4n) is 1.68. The number of nitro groups is 1. The number of hydrogen-bond acceptors (Lipinski definition) is 5. The third kappa shape index (κ3) is 3.32. The van der Waals surface area contributed by atoms with Gasteiger partial charge in [0.05, 0.1) is 21.0 Å². The number of nitrogens with zero attached hydrogens (tertiary/aromatic N) is 3. The Hall–Kier alpha value is -2.53. The third-order valence-electron chi connectivity index (χ3n) is 2.71. The van der Waals surface area contributed by atoms with Crippen LogP contribution in [0.4, 0.5) is 15.8 Å². The van der Waals surface area contributed by atoms with Gasteiger partial charge >= 0.3 is 5.69 Å². The first-order valence-electron chi connectivity index (χ1n) is 5.73. The van der Waals surface area contributed by atoms with Crippen molar-refractivity contribution in [1.29, 1.82) is 5.26 Å². The number of nitriles is 1. The fraction of sp³-hybridized carbons (Fsp3) is 0.0769. The van der Waals surface area contributed by atoms with Crippen LogP contribution in [-0.4, -0.2) is 9.91 Å². The Kier molecular flexibility index (Phi) is 4.45. The topological polar surface area (TPSA) is 91.8 Å². The molecule has 106 valence electrons. The molecule has 0 saturated carbocycles. The summed E-state index contributed by atoms with van der Waals surface area (Å²) in [5.41, 5.74) is 0.525. The molecule has 0 aliphatic heterocycles. The average Bonchev–Trinajstić information content (AvgIpc) is 2.46. The smallest absolute Gasteiger partial charge is 0.311 e. The van der Waals surface area contributed by atoms with E-state index in [0.717, 1.165) is 12.3 Å². The lowest BCUT2D eigenvalue weighted by Crippen LogP contribution is -2.05. The Labute approximate surface area is 127 Å². The van der Waals surface area contributed by atoms with Crippen LogP contribution in [0.1, 0.15) is 11.1 Å². The maximum Gasteiger partial charge on any atom is 0.311 e. The fourth-order valence-corrected chi connectivity index (χ4v) is 2.14. The molecule has 1 aromatic heterocycles. The number of hydrogen-bond donors (Lipinski definition) is 1. The molecule has 0 fully saturated rings. The van der Waals surface area contributed by atoms with Gasteiger partial charge in [-0.25, -0.2) is 4.39 Å². The van der Waals surface area contributed by atoms with Crippen LogP contribution in [0.2, 0.25) is 0 Å². The van der Waals surface area contributed by atoms with Gasteiger partial charge in [0.15, 0.2) is 0 Å². The predicted molar refractivity (Wildman–Crippen MR) is 77.0 cm³/mol. The van der Waals surface area contributed by atoms with Crippen LogP contribution in [0.25, 0.3) is 0 Å². The van der Waals surface area contributed by atoms with Gasteiger partial charge in [0.1, 0.15) is 17.7 Å². The van der Waals surface area contributed by atoms with E-state index in [2.05, 4.69) is 26.2 Å². The molecular weight excluding hydrogens is 343 g/mol. The second-order valence-electron chi connectivity index (χ2n) is 4.04. The summed E-state index contributed by atoms with van der Waals surface area (Å²) in [5, 5.41) is 22.4. The summed E-state index contributed by atoms with van der Waals surface area (Å²) in [6.45, 7) is 0.0427. The molecule has 0 saturated heterocycles. The molecule has 0 bridgehead atoms. The van der Waals surface area contributed by atoms with Crippen molar-refractivity contribution in [3.63, 3.8) is 0 Å². The highest BCUT2D eigenvalue weighted by atomic mass is 79.9. The zero-order chi connectivity index (χ0) is 15.4. The summed E-state index contributed by atoms with van der Waals surface area (Å²) in [7, 11) is 0. The molecule has 0 radical (unpaired) electrons. The van der Waals surface area contributed by atoms with Crippen LogP contribution in [-0.2, 0) is 6.54 Å². The quantitative estimate of drug-likeness (QED) is 0.674. The van der Waals surface area contributed by atoms with Gasteiger partial charge in [-0.3, -0.25) is 15.1 Å². The molecule has 0 atom stereocenters. The lowest BCUT2D eigenvalue weighted by atomic mass is 10.1. The molecule has 1 heterocycles. The zero-order valence-electron chi connectivity index (χ0n) is 10.5. The monoisotopic (exact) mass is 350 g/mol. The minimum Gasteiger partial charge on any atom is -0.374 e. The molecule has 1 aromatic carbocycles. The minimum absolute atomic E-state index is 0.0427. The standard InChI is InChI=1S/C13H8BrFN4O2/c14-10-6-17-7-12(19(20)21)13(10)18-5-9-2-1-8(4-16)3-11(9)15/h1-3,6-7H,5H2,(H,17,18). The highest BCUT2D eigenvalue weighted by molar-refractivity contribution is 9.10. The van der Waals surface area contributed by atoms with Gasteiger partial charge in [-0.1, -0.05) is 6.07 Å². The van der Waals surface area contributed by atoms with E-state index in [0.29, 0.717) is 10.0 Å². The number of benzene rings is 1. The van der Waals surface area contributed by atoms with Crippen LogP contribution >= 0.6 is 15.9 Å². The summed E-state index contributed by atoms with van der Waals surface area (Å²) in [5.74, 6) is -0.547. The summed E-state index contributed by atoms with van der Waals surface area (Å²) >= 11 is 3.16. The summed E-state index contributed by atoms with van der Waals surface area (Å²) < 4.78 is 14.2.